The van der Waals surface area contributed by atoms with Crippen molar-refractivity contribution in [1.29, 1.82) is 0 Å². The fourth-order valence-corrected chi connectivity index (χ4v) is 4.39. The summed E-state index contributed by atoms with van der Waals surface area (Å²) in [5, 5.41) is 3.00. The summed E-state index contributed by atoms with van der Waals surface area (Å²) in [6.45, 7) is 4.32. The van der Waals surface area contributed by atoms with Crippen LogP contribution < -0.4 is 5.32 Å². The Morgan fingerprint density at radius 2 is 1.84 bits per heavy atom. The van der Waals surface area contributed by atoms with Gasteiger partial charge in [-0.3, -0.25) is 4.79 Å². The Hall–Kier alpha value is -1.41. The molecule has 0 saturated heterocycles. The fourth-order valence-electron chi connectivity index (χ4n) is 2.32. The maximum absolute atomic E-state index is 12.6. The van der Waals surface area contributed by atoms with Crippen LogP contribution in [0.2, 0.25) is 5.02 Å². The van der Waals surface area contributed by atoms with Crippen LogP contribution in [0, 0.1) is 0 Å². The van der Waals surface area contributed by atoms with Crippen LogP contribution in [0.3, 0.4) is 0 Å². The van der Waals surface area contributed by atoms with Crippen molar-refractivity contribution < 1.29 is 13.2 Å². The first-order valence-corrected chi connectivity index (χ1v) is 10.3. The summed E-state index contributed by atoms with van der Waals surface area (Å²) in [5.41, 5.74) is 0.683. The van der Waals surface area contributed by atoms with E-state index >= 15 is 0 Å². The molecule has 2 rings (SSSR count). The second-order valence-corrected chi connectivity index (χ2v) is 8.46. The van der Waals surface area contributed by atoms with Gasteiger partial charge in [-0.1, -0.05) is 47.4 Å². The van der Waals surface area contributed by atoms with Gasteiger partial charge in [-0.15, -0.1) is 0 Å². The summed E-state index contributed by atoms with van der Waals surface area (Å²) < 4.78 is 27.3. The molecule has 5 nitrogen and oxygen atoms in total. The van der Waals surface area contributed by atoms with Crippen LogP contribution in [-0.4, -0.2) is 31.7 Å². The van der Waals surface area contributed by atoms with Gasteiger partial charge in [0.2, 0.25) is 10.0 Å². The number of hydrogen-bond acceptors (Lipinski definition) is 3. The quantitative estimate of drug-likeness (QED) is 0.717. The molecule has 1 N–H and O–H groups in total. The third-order valence-electron chi connectivity index (χ3n) is 3.61. The molecule has 2 aromatic rings. The number of amides is 1. The Bertz CT molecular complexity index is 883. The van der Waals surface area contributed by atoms with Crippen LogP contribution in [0.15, 0.2) is 51.8 Å². The van der Waals surface area contributed by atoms with Crippen molar-refractivity contribution in [3.05, 3.63) is 57.5 Å². The van der Waals surface area contributed by atoms with E-state index in [1.165, 1.54) is 16.4 Å². The average Bonchev–Trinajstić information content (AvgIpc) is 2.58. The molecule has 8 heteroatoms. The third kappa shape index (κ3) is 4.61. The number of nitrogens with zero attached hydrogens (tertiary/aromatic N) is 1. The predicted octanol–water partition coefficient (Wildman–Crippen LogP) is 4.39. The maximum atomic E-state index is 12.6. The van der Waals surface area contributed by atoms with Crippen LogP contribution in [0.1, 0.15) is 24.2 Å². The molecule has 2 aromatic carbocycles. The summed E-state index contributed by atoms with van der Waals surface area (Å²) in [6.07, 6.45) is 0. The van der Waals surface area contributed by atoms with Gasteiger partial charge in [0.05, 0.1) is 15.5 Å². The van der Waals surface area contributed by atoms with Gasteiger partial charge in [0, 0.05) is 23.2 Å². The summed E-state index contributed by atoms with van der Waals surface area (Å²) in [7, 11) is -3.59. The molecule has 0 heterocycles. The largest absolute Gasteiger partial charge is 0.322 e. The zero-order valence-electron chi connectivity index (χ0n) is 13.8. The Labute approximate surface area is 161 Å². The molecule has 0 unspecified atom stereocenters. The SMILES string of the molecule is CCN(CC)S(=O)(=O)c1cccc(NC(=O)c2cc(Br)ccc2Cl)c1. The Kier molecular flexibility index (Phi) is 6.62. The van der Waals surface area contributed by atoms with Crippen molar-refractivity contribution in [2.45, 2.75) is 18.7 Å². The number of nitrogens with one attached hydrogen (secondary N) is 1. The molecule has 0 saturated carbocycles. The van der Waals surface area contributed by atoms with Gasteiger partial charge in [-0.2, -0.15) is 4.31 Å². The first-order chi connectivity index (χ1) is 11.8. The molecule has 1 amide bonds. The lowest BCUT2D eigenvalue weighted by molar-refractivity contribution is 0.102. The number of anilines is 1. The van der Waals surface area contributed by atoms with Crippen molar-refractivity contribution in [2.75, 3.05) is 18.4 Å². The molecule has 0 aliphatic rings. The van der Waals surface area contributed by atoms with Gasteiger partial charge in [0.1, 0.15) is 0 Å². The van der Waals surface area contributed by atoms with Gasteiger partial charge in [-0.25, -0.2) is 8.42 Å². The van der Waals surface area contributed by atoms with E-state index in [1.807, 2.05) is 0 Å². The van der Waals surface area contributed by atoms with Crippen molar-refractivity contribution in [1.82, 2.24) is 4.31 Å². The fraction of sp³-hybridized carbons (Fsp3) is 0.235. The topological polar surface area (TPSA) is 66.5 Å². The van der Waals surface area contributed by atoms with E-state index < -0.39 is 15.9 Å². The Balaban J connectivity index is 2.30. The van der Waals surface area contributed by atoms with Crippen LogP contribution in [0.25, 0.3) is 0 Å². The molecule has 0 bridgehead atoms. The van der Waals surface area contributed by atoms with E-state index in [0.717, 1.165) is 4.47 Å². The van der Waals surface area contributed by atoms with Crippen LogP contribution in [-0.2, 0) is 10.0 Å². The number of rotatable bonds is 6. The molecule has 0 aliphatic heterocycles. The molecule has 134 valence electrons. The first kappa shape index (κ1) is 19.9. The summed E-state index contributed by atoms with van der Waals surface area (Å²) in [5.74, 6) is -0.413. The zero-order valence-corrected chi connectivity index (χ0v) is 17.0. The first-order valence-electron chi connectivity index (χ1n) is 7.66. The molecule has 0 aromatic heterocycles. The van der Waals surface area contributed by atoms with E-state index in [-0.39, 0.29) is 4.90 Å². The summed E-state index contributed by atoms with van der Waals surface area (Å²) in [4.78, 5) is 12.6. The smallest absolute Gasteiger partial charge is 0.257 e. The number of sulfonamides is 1. The lowest BCUT2D eigenvalue weighted by atomic mass is 10.2. The molecule has 25 heavy (non-hydrogen) atoms. The lowest BCUT2D eigenvalue weighted by Crippen LogP contribution is -2.30. The van der Waals surface area contributed by atoms with Crippen molar-refractivity contribution >= 4 is 49.1 Å². The average molecular weight is 446 g/mol. The molecular formula is C17H18BrClN2O3S. The minimum absolute atomic E-state index is 0.134. The molecule has 0 radical (unpaired) electrons. The molecule has 0 fully saturated rings. The molecule has 0 atom stereocenters. The van der Waals surface area contributed by atoms with E-state index in [2.05, 4.69) is 21.2 Å². The third-order valence-corrected chi connectivity index (χ3v) is 6.48. The second-order valence-electron chi connectivity index (χ2n) is 5.20. The maximum Gasteiger partial charge on any atom is 0.257 e. The molecular weight excluding hydrogens is 428 g/mol. The van der Waals surface area contributed by atoms with Gasteiger partial charge in [0.25, 0.3) is 5.91 Å². The van der Waals surface area contributed by atoms with Crippen molar-refractivity contribution in [3.63, 3.8) is 0 Å². The molecule has 0 spiro atoms. The number of carbonyl (C=O) groups excluding carboxylic acids is 1. The number of carbonyl (C=O) groups is 1. The number of hydrogen-bond donors (Lipinski definition) is 1. The van der Waals surface area contributed by atoms with Crippen LogP contribution in [0.4, 0.5) is 5.69 Å². The highest BCUT2D eigenvalue weighted by Crippen LogP contribution is 2.24. The van der Waals surface area contributed by atoms with E-state index in [1.54, 1.807) is 44.2 Å². The minimum Gasteiger partial charge on any atom is -0.322 e. The second kappa shape index (κ2) is 8.31. The summed E-state index contributed by atoms with van der Waals surface area (Å²) in [6, 6.07) is 11.1. The minimum atomic E-state index is -3.59. The van der Waals surface area contributed by atoms with Gasteiger partial charge >= 0.3 is 0 Å². The van der Waals surface area contributed by atoms with Gasteiger partial charge < -0.3 is 5.32 Å². The predicted molar refractivity (Wildman–Crippen MR) is 104 cm³/mol. The number of benzene rings is 2. The highest BCUT2D eigenvalue weighted by Gasteiger charge is 2.22. The standard InChI is InChI=1S/C17H18BrClN2O3S/c1-3-21(4-2)25(23,24)14-7-5-6-13(11-14)20-17(22)15-10-12(18)8-9-16(15)19/h5-11H,3-4H2,1-2H3,(H,20,22). The van der Waals surface area contributed by atoms with Crippen molar-refractivity contribution in [3.8, 4) is 0 Å². The Morgan fingerprint density at radius 3 is 2.48 bits per heavy atom. The normalized spacial score (nSPS) is 11.6. The molecule has 0 aliphatic carbocycles. The zero-order chi connectivity index (χ0) is 18.6. The van der Waals surface area contributed by atoms with Crippen LogP contribution in [0.5, 0.6) is 0 Å². The van der Waals surface area contributed by atoms with E-state index in [0.29, 0.717) is 29.4 Å². The van der Waals surface area contributed by atoms with Gasteiger partial charge in [-0.05, 0) is 36.4 Å². The van der Waals surface area contributed by atoms with E-state index in [4.69, 9.17) is 11.6 Å². The number of halogens is 2. The monoisotopic (exact) mass is 444 g/mol. The van der Waals surface area contributed by atoms with E-state index in [9.17, 15) is 13.2 Å². The highest BCUT2D eigenvalue weighted by molar-refractivity contribution is 9.10. The summed E-state index contributed by atoms with van der Waals surface area (Å²) >= 11 is 9.35. The Morgan fingerprint density at radius 1 is 1.16 bits per heavy atom. The van der Waals surface area contributed by atoms with Gasteiger partial charge in [0.15, 0.2) is 0 Å². The lowest BCUT2D eigenvalue weighted by Gasteiger charge is -2.19. The highest BCUT2D eigenvalue weighted by atomic mass is 79.9. The van der Waals surface area contributed by atoms with Crippen molar-refractivity contribution in [2.24, 2.45) is 0 Å². The van der Waals surface area contributed by atoms with Crippen LogP contribution >= 0.6 is 27.5 Å².